The van der Waals surface area contributed by atoms with Crippen LogP contribution in [0, 0.1) is 0 Å². The summed E-state index contributed by atoms with van der Waals surface area (Å²) in [7, 11) is 0. The maximum atomic E-state index is 2.44. The van der Waals surface area contributed by atoms with Crippen molar-refractivity contribution in [3.8, 4) is 22.3 Å². The molecule has 0 aliphatic rings. The number of aromatic nitrogens is 2. The number of nitrogens with zero attached hydrogens (tertiary/aromatic N) is 3. The third-order valence-electron chi connectivity index (χ3n) is 9.64. The molecule has 0 radical (unpaired) electrons. The number of hydrogen-bond donors (Lipinski definition) is 0. The van der Waals surface area contributed by atoms with Crippen LogP contribution in [0.4, 0.5) is 17.1 Å². The molecular formula is C44H29N3. The molecule has 3 heteroatoms. The normalized spacial score (nSPS) is 11.8. The number of rotatable bonds is 5. The van der Waals surface area contributed by atoms with E-state index in [0.717, 1.165) is 17.1 Å². The first-order valence-corrected chi connectivity index (χ1v) is 16.1. The molecule has 47 heavy (non-hydrogen) atoms. The predicted molar refractivity (Wildman–Crippen MR) is 198 cm³/mol. The van der Waals surface area contributed by atoms with Gasteiger partial charge in [0.05, 0.1) is 22.1 Å². The molecule has 0 atom stereocenters. The second-order valence-electron chi connectivity index (χ2n) is 12.2. The van der Waals surface area contributed by atoms with Gasteiger partial charge in [0.25, 0.3) is 0 Å². The van der Waals surface area contributed by atoms with E-state index in [1.165, 1.54) is 66.1 Å². The van der Waals surface area contributed by atoms with Gasteiger partial charge in [0.15, 0.2) is 0 Å². The fourth-order valence-corrected chi connectivity index (χ4v) is 7.52. The highest BCUT2D eigenvalue weighted by Crippen LogP contribution is 2.44. The van der Waals surface area contributed by atoms with E-state index in [0.29, 0.717) is 0 Å². The van der Waals surface area contributed by atoms with E-state index in [-0.39, 0.29) is 0 Å². The molecule has 10 aromatic rings. The molecule has 0 bridgehead atoms. The van der Waals surface area contributed by atoms with Crippen molar-refractivity contribution in [3.63, 3.8) is 0 Å². The molecule has 220 valence electrons. The van der Waals surface area contributed by atoms with E-state index in [4.69, 9.17) is 0 Å². The summed E-state index contributed by atoms with van der Waals surface area (Å²) in [6, 6.07) is 63.5. The molecule has 0 aliphatic heterocycles. The second kappa shape index (κ2) is 10.1. The van der Waals surface area contributed by atoms with E-state index in [9.17, 15) is 0 Å². The number of imidazole rings is 1. The lowest BCUT2D eigenvalue weighted by Gasteiger charge is -2.26. The van der Waals surface area contributed by atoms with Crippen LogP contribution >= 0.6 is 0 Å². The van der Waals surface area contributed by atoms with Crippen molar-refractivity contribution in [1.82, 2.24) is 8.80 Å². The summed E-state index contributed by atoms with van der Waals surface area (Å²) in [5, 5.41) is 3.85. The quantitative estimate of drug-likeness (QED) is 0.192. The van der Waals surface area contributed by atoms with Gasteiger partial charge in [-0.3, -0.25) is 8.80 Å². The highest BCUT2D eigenvalue weighted by molar-refractivity contribution is 6.24. The van der Waals surface area contributed by atoms with E-state index < -0.39 is 0 Å². The van der Waals surface area contributed by atoms with Crippen molar-refractivity contribution in [1.29, 1.82) is 0 Å². The smallest absolute Gasteiger partial charge is 0.131 e. The van der Waals surface area contributed by atoms with Crippen LogP contribution in [-0.4, -0.2) is 8.80 Å². The molecule has 0 saturated heterocycles. The summed E-state index contributed by atoms with van der Waals surface area (Å²) in [6.07, 6.45) is 0. The van der Waals surface area contributed by atoms with Gasteiger partial charge >= 0.3 is 0 Å². The molecule has 10 rings (SSSR count). The van der Waals surface area contributed by atoms with E-state index in [1.807, 2.05) is 0 Å². The number of hydrogen-bond acceptors (Lipinski definition) is 1. The van der Waals surface area contributed by atoms with E-state index in [1.54, 1.807) is 0 Å². The van der Waals surface area contributed by atoms with Crippen molar-refractivity contribution in [2.24, 2.45) is 0 Å². The van der Waals surface area contributed by atoms with Crippen molar-refractivity contribution in [2.45, 2.75) is 0 Å². The van der Waals surface area contributed by atoms with Crippen LogP contribution in [0.2, 0.25) is 0 Å². The zero-order chi connectivity index (χ0) is 30.9. The highest BCUT2D eigenvalue weighted by Gasteiger charge is 2.23. The first kappa shape index (κ1) is 26.0. The molecule has 7 aromatic carbocycles. The molecule has 3 nitrogen and oxygen atoms in total. The zero-order valence-corrected chi connectivity index (χ0v) is 25.6. The van der Waals surface area contributed by atoms with Gasteiger partial charge in [0.1, 0.15) is 5.65 Å². The number of anilines is 3. The minimum absolute atomic E-state index is 1.12. The Morgan fingerprint density at radius 3 is 1.40 bits per heavy atom. The maximum absolute atomic E-state index is 2.44. The molecule has 0 unspecified atom stereocenters. The average Bonchev–Trinajstić information content (AvgIpc) is 3.78. The molecular weight excluding hydrogens is 571 g/mol. The van der Waals surface area contributed by atoms with Crippen LogP contribution in [0.1, 0.15) is 0 Å². The van der Waals surface area contributed by atoms with Crippen LogP contribution in [0.15, 0.2) is 176 Å². The molecule has 0 saturated carbocycles. The maximum Gasteiger partial charge on any atom is 0.131 e. The van der Waals surface area contributed by atoms with Crippen LogP contribution in [0.25, 0.3) is 66.1 Å². The van der Waals surface area contributed by atoms with Crippen molar-refractivity contribution < 1.29 is 0 Å². The second-order valence-corrected chi connectivity index (χ2v) is 12.2. The molecule has 0 spiro atoms. The summed E-state index contributed by atoms with van der Waals surface area (Å²) in [4.78, 5) is 2.36. The Labute approximate surface area is 272 Å². The molecule has 0 fully saturated rings. The first-order chi connectivity index (χ1) is 23.3. The van der Waals surface area contributed by atoms with Gasteiger partial charge in [0.2, 0.25) is 0 Å². The van der Waals surface area contributed by atoms with Gasteiger partial charge in [-0.2, -0.15) is 0 Å². The van der Waals surface area contributed by atoms with Gasteiger partial charge < -0.3 is 4.90 Å². The monoisotopic (exact) mass is 599 g/mol. The third kappa shape index (κ3) is 3.87. The minimum atomic E-state index is 1.12. The van der Waals surface area contributed by atoms with Crippen LogP contribution in [0.3, 0.4) is 0 Å². The van der Waals surface area contributed by atoms with Crippen molar-refractivity contribution in [3.05, 3.63) is 176 Å². The fourth-order valence-electron chi connectivity index (χ4n) is 7.52. The molecule has 3 aromatic heterocycles. The lowest BCUT2D eigenvalue weighted by molar-refractivity contribution is 1.27. The molecule has 0 N–H and O–H groups in total. The summed E-state index contributed by atoms with van der Waals surface area (Å²) < 4.78 is 4.87. The molecule has 3 heterocycles. The number of benzene rings is 7. The van der Waals surface area contributed by atoms with Gasteiger partial charge in [-0.25, -0.2) is 0 Å². The third-order valence-corrected chi connectivity index (χ3v) is 9.64. The molecule has 0 amide bonds. The zero-order valence-electron chi connectivity index (χ0n) is 25.6. The van der Waals surface area contributed by atoms with Crippen LogP contribution in [-0.2, 0) is 0 Å². The molecule has 0 aliphatic carbocycles. The lowest BCUT2D eigenvalue weighted by Crippen LogP contribution is -2.09. The Balaban J connectivity index is 1.12. The number of para-hydroxylation sites is 4. The minimum Gasteiger partial charge on any atom is -0.310 e. The van der Waals surface area contributed by atoms with Gasteiger partial charge in [-0.1, -0.05) is 115 Å². The van der Waals surface area contributed by atoms with Crippen molar-refractivity contribution >= 4 is 60.9 Å². The van der Waals surface area contributed by atoms with Gasteiger partial charge in [-0.15, -0.1) is 0 Å². The average molecular weight is 600 g/mol. The van der Waals surface area contributed by atoms with Crippen molar-refractivity contribution in [2.75, 3.05) is 4.90 Å². The largest absolute Gasteiger partial charge is 0.310 e. The summed E-state index contributed by atoms with van der Waals surface area (Å²) in [5.74, 6) is 0. The predicted octanol–water partition coefficient (Wildman–Crippen LogP) is 11.9. The van der Waals surface area contributed by atoms with E-state index in [2.05, 4.69) is 190 Å². The summed E-state index contributed by atoms with van der Waals surface area (Å²) in [5.41, 5.74) is 14.4. The summed E-state index contributed by atoms with van der Waals surface area (Å²) in [6.45, 7) is 0. The van der Waals surface area contributed by atoms with Gasteiger partial charge in [0, 0.05) is 33.2 Å². The Bertz CT molecular complexity index is 2690. The first-order valence-electron chi connectivity index (χ1n) is 16.1. The van der Waals surface area contributed by atoms with Crippen LogP contribution in [0.5, 0.6) is 0 Å². The Hall–Kier alpha value is -6.32. The SMILES string of the molecule is c1ccc(-c2ccc(-c3ccc(N(c4ccccc4)c4ccc5c(c4)c4c6ccccc6n6c7ccccc7n5c46)cc3)cc2)cc1. The Morgan fingerprint density at radius 2 is 0.766 bits per heavy atom. The fraction of sp³-hybridized carbons (Fsp3) is 0. The highest BCUT2D eigenvalue weighted by atomic mass is 15.1. The lowest BCUT2D eigenvalue weighted by atomic mass is 10.00. The standard InChI is InChI=1S/C44H29N3/c1-3-11-30(12-4-1)31-19-21-32(22-20-31)33-23-25-35(26-24-33)45(34-13-5-2-6-14-34)36-27-28-40-38(29-36)43-37-15-7-8-16-39(37)46-41-17-9-10-18-42(41)47(40)44(43)46/h1-29H. The van der Waals surface area contributed by atoms with Gasteiger partial charge in [-0.05, 0) is 82.9 Å². The van der Waals surface area contributed by atoms with Crippen LogP contribution < -0.4 is 4.90 Å². The Morgan fingerprint density at radius 1 is 0.319 bits per heavy atom. The topological polar surface area (TPSA) is 12.1 Å². The number of fused-ring (bicyclic) bond motifs is 9. The Kier molecular flexibility index (Phi) is 5.57. The summed E-state index contributed by atoms with van der Waals surface area (Å²) >= 11 is 0. The van der Waals surface area contributed by atoms with E-state index >= 15 is 0 Å².